The molecule has 1 aliphatic heterocycles. The maximum atomic E-state index is 6.06. The van der Waals surface area contributed by atoms with Gasteiger partial charge in [-0.1, -0.05) is 45.2 Å². The van der Waals surface area contributed by atoms with Crippen LogP contribution in [0.15, 0.2) is 34.8 Å². The molecule has 1 fully saturated rings. The molecule has 0 saturated carbocycles. The van der Waals surface area contributed by atoms with Gasteiger partial charge in [0.1, 0.15) is 6.61 Å². The van der Waals surface area contributed by atoms with E-state index >= 15 is 0 Å². The van der Waals surface area contributed by atoms with Crippen molar-refractivity contribution in [2.24, 2.45) is 0 Å². The highest BCUT2D eigenvalue weighted by molar-refractivity contribution is 9.10. The van der Waals surface area contributed by atoms with E-state index in [1.54, 1.807) is 19.2 Å². The van der Waals surface area contributed by atoms with Crippen molar-refractivity contribution in [1.29, 1.82) is 0 Å². The Bertz CT molecular complexity index is 782. The summed E-state index contributed by atoms with van der Waals surface area (Å²) in [6, 6.07) is 9.36. The van der Waals surface area contributed by atoms with Crippen molar-refractivity contribution in [3.8, 4) is 11.5 Å². The lowest BCUT2D eigenvalue weighted by molar-refractivity contribution is 0.110. The Morgan fingerprint density at radius 1 is 1.19 bits per heavy atom. The van der Waals surface area contributed by atoms with Crippen molar-refractivity contribution in [3.63, 3.8) is 0 Å². The van der Waals surface area contributed by atoms with E-state index in [0.717, 1.165) is 48.1 Å². The lowest BCUT2D eigenvalue weighted by Gasteiger charge is -2.16. The average molecular weight is 475 g/mol. The molecule has 7 heteroatoms. The van der Waals surface area contributed by atoms with E-state index in [1.165, 1.54) is 0 Å². The molecule has 0 aliphatic carbocycles. The molecule has 0 spiro atoms. The summed E-state index contributed by atoms with van der Waals surface area (Å²) in [5.74, 6) is 1.35. The van der Waals surface area contributed by atoms with E-state index in [1.807, 2.05) is 18.2 Å². The summed E-state index contributed by atoms with van der Waals surface area (Å²) in [7, 11) is 1.64. The van der Waals surface area contributed by atoms with E-state index in [9.17, 15) is 0 Å². The molecule has 0 bridgehead atoms. The average Bonchev–Trinajstić information content (AvgIpc) is 3.17. The van der Waals surface area contributed by atoms with Crippen LogP contribution in [0.4, 0.5) is 0 Å². The Hall–Kier alpha value is -0.980. The van der Waals surface area contributed by atoms with Gasteiger partial charge in [0, 0.05) is 24.2 Å². The van der Waals surface area contributed by atoms with Crippen LogP contribution in [0.3, 0.4) is 0 Å². The van der Waals surface area contributed by atoms with Gasteiger partial charge >= 0.3 is 0 Å². The standard InChI is InChI=1S/C20H22BrCl2NO3/c1-25-19-8-14(10-24-11-15-3-2-6-26-15)16(21)9-20(19)27-12-13-4-5-17(22)18(23)7-13/h4-5,7-9,15,24H,2-3,6,10-12H2,1H3. The van der Waals surface area contributed by atoms with Crippen molar-refractivity contribution in [2.75, 3.05) is 20.3 Å². The molecule has 1 N–H and O–H groups in total. The van der Waals surface area contributed by atoms with Crippen molar-refractivity contribution in [1.82, 2.24) is 5.32 Å². The second kappa shape index (κ2) is 9.99. The maximum Gasteiger partial charge on any atom is 0.162 e. The molecule has 27 heavy (non-hydrogen) atoms. The van der Waals surface area contributed by atoms with Gasteiger partial charge in [0.25, 0.3) is 0 Å². The fourth-order valence-electron chi connectivity index (χ4n) is 2.95. The van der Waals surface area contributed by atoms with E-state index in [-0.39, 0.29) is 0 Å². The number of hydrogen-bond donors (Lipinski definition) is 1. The fraction of sp³-hybridized carbons (Fsp3) is 0.400. The Labute approximate surface area is 178 Å². The summed E-state index contributed by atoms with van der Waals surface area (Å²) in [5, 5.41) is 4.49. The number of ether oxygens (including phenoxy) is 3. The molecule has 0 aromatic heterocycles. The SMILES string of the molecule is COc1cc(CNCC2CCCO2)c(Br)cc1OCc1ccc(Cl)c(Cl)c1. The first-order valence-corrected chi connectivity index (χ1v) is 10.4. The Balaban J connectivity index is 1.62. The third kappa shape index (κ3) is 5.75. The van der Waals surface area contributed by atoms with Crippen LogP contribution in [0.1, 0.15) is 24.0 Å². The van der Waals surface area contributed by atoms with Crippen LogP contribution in [-0.4, -0.2) is 26.4 Å². The predicted molar refractivity (Wildman–Crippen MR) is 112 cm³/mol. The Kier molecular flexibility index (Phi) is 7.67. The van der Waals surface area contributed by atoms with Crippen LogP contribution in [0, 0.1) is 0 Å². The van der Waals surface area contributed by atoms with E-state index in [2.05, 4.69) is 21.2 Å². The van der Waals surface area contributed by atoms with Crippen molar-refractivity contribution in [2.45, 2.75) is 32.1 Å². The minimum atomic E-state index is 0.319. The van der Waals surface area contributed by atoms with Crippen molar-refractivity contribution < 1.29 is 14.2 Å². The molecular formula is C20H22BrCl2NO3. The minimum Gasteiger partial charge on any atom is -0.493 e. The van der Waals surface area contributed by atoms with Crippen LogP contribution in [0.2, 0.25) is 10.0 Å². The summed E-state index contributed by atoms with van der Waals surface area (Å²) in [4.78, 5) is 0. The van der Waals surface area contributed by atoms with E-state index < -0.39 is 0 Å². The summed E-state index contributed by atoms with van der Waals surface area (Å²) in [5.41, 5.74) is 2.04. The van der Waals surface area contributed by atoms with Crippen LogP contribution in [0.5, 0.6) is 11.5 Å². The predicted octanol–water partition coefficient (Wildman–Crippen LogP) is 5.61. The lowest BCUT2D eigenvalue weighted by atomic mass is 10.2. The highest BCUT2D eigenvalue weighted by Gasteiger charge is 2.16. The largest absolute Gasteiger partial charge is 0.493 e. The van der Waals surface area contributed by atoms with Gasteiger partial charge < -0.3 is 19.5 Å². The van der Waals surface area contributed by atoms with Gasteiger partial charge in [0.2, 0.25) is 0 Å². The number of rotatable bonds is 8. The molecule has 1 heterocycles. The number of halogens is 3. The van der Waals surface area contributed by atoms with Crippen LogP contribution in [-0.2, 0) is 17.9 Å². The molecule has 1 aliphatic rings. The number of hydrogen-bond acceptors (Lipinski definition) is 4. The molecule has 4 nitrogen and oxygen atoms in total. The fourth-order valence-corrected chi connectivity index (χ4v) is 3.73. The zero-order valence-electron chi connectivity index (χ0n) is 15.1. The van der Waals surface area contributed by atoms with E-state index in [4.69, 9.17) is 37.4 Å². The van der Waals surface area contributed by atoms with Crippen LogP contribution >= 0.6 is 39.1 Å². The number of nitrogens with one attached hydrogen (secondary N) is 1. The molecule has 0 amide bonds. The third-order valence-electron chi connectivity index (χ3n) is 4.42. The van der Waals surface area contributed by atoms with Crippen molar-refractivity contribution in [3.05, 3.63) is 56.0 Å². The summed E-state index contributed by atoms with van der Waals surface area (Å²) >= 11 is 15.6. The molecule has 1 unspecified atom stereocenters. The molecule has 146 valence electrons. The zero-order valence-corrected chi connectivity index (χ0v) is 18.2. The highest BCUT2D eigenvalue weighted by atomic mass is 79.9. The minimum absolute atomic E-state index is 0.319. The van der Waals surface area contributed by atoms with Crippen LogP contribution in [0.25, 0.3) is 0 Å². The summed E-state index contributed by atoms with van der Waals surface area (Å²) in [6.07, 6.45) is 2.59. The maximum absolute atomic E-state index is 6.06. The first-order valence-electron chi connectivity index (χ1n) is 8.82. The number of benzene rings is 2. The van der Waals surface area contributed by atoms with E-state index in [0.29, 0.717) is 34.3 Å². The van der Waals surface area contributed by atoms with Gasteiger partial charge in [-0.05, 0) is 48.2 Å². The van der Waals surface area contributed by atoms with Gasteiger partial charge in [-0.25, -0.2) is 0 Å². The molecular weight excluding hydrogens is 453 g/mol. The number of methoxy groups -OCH3 is 1. The Morgan fingerprint density at radius 3 is 2.74 bits per heavy atom. The topological polar surface area (TPSA) is 39.7 Å². The summed E-state index contributed by atoms with van der Waals surface area (Å²) < 4.78 is 18.0. The monoisotopic (exact) mass is 473 g/mol. The summed E-state index contributed by atoms with van der Waals surface area (Å²) in [6.45, 7) is 2.82. The molecule has 2 aromatic carbocycles. The first kappa shape index (κ1) is 20.7. The third-order valence-corrected chi connectivity index (χ3v) is 5.90. The van der Waals surface area contributed by atoms with Gasteiger partial charge in [-0.3, -0.25) is 0 Å². The lowest BCUT2D eigenvalue weighted by Crippen LogP contribution is -2.25. The molecule has 0 radical (unpaired) electrons. The zero-order chi connectivity index (χ0) is 19.2. The molecule has 1 atom stereocenters. The van der Waals surface area contributed by atoms with Gasteiger partial charge in [-0.2, -0.15) is 0 Å². The van der Waals surface area contributed by atoms with Gasteiger partial charge in [0.15, 0.2) is 11.5 Å². The smallest absolute Gasteiger partial charge is 0.162 e. The second-order valence-corrected chi connectivity index (χ2v) is 8.07. The normalized spacial score (nSPS) is 16.5. The van der Waals surface area contributed by atoms with Gasteiger partial charge in [0.05, 0.1) is 23.3 Å². The molecule has 2 aromatic rings. The molecule has 3 rings (SSSR count). The van der Waals surface area contributed by atoms with Crippen molar-refractivity contribution >= 4 is 39.1 Å². The van der Waals surface area contributed by atoms with Crippen LogP contribution < -0.4 is 14.8 Å². The molecule has 1 saturated heterocycles. The quantitative estimate of drug-likeness (QED) is 0.539. The second-order valence-electron chi connectivity index (χ2n) is 6.40. The Morgan fingerprint density at radius 2 is 2.04 bits per heavy atom. The van der Waals surface area contributed by atoms with Gasteiger partial charge in [-0.15, -0.1) is 0 Å². The highest BCUT2D eigenvalue weighted by Crippen LogP contribution is 2.34. The first-order chi connectivity index (χ1) is 13.1.